The number of aromatic nitrogens is 1. The zero-order valence-electron chi connectivity index (χ0n) is 11.9. The van der Waals surface area contributed by atoms with Crippen LogP contribution >= 0.6 is 0 Å². The van der Waals surface area contributed by atoms with Crippen LogP contribution in [0.15, 0.2) is 36.5 Å². The van der Waals surface area contributed by atoms with E-state index in [1.165, 1.54) is 12.6 Å². The number of pyridine rings is 1. The molecule has 4 heteroatoms. The number of benzene rings is 1. The number of rotatable bonds is 2. The van der Waals surface area contributed by atoms with Gasteiger partial charge in [-0.2, -0.15) is 0 Å². The number of nitrogens with two attached hydrogens (primary N) is 1. The van der Waals surface area contributed by atoms with Gasteiger partial charge < -0.3 is 10.6 Å². The molecule has 0 spiro atoms. The first-order valence-corrected chi connectivity index (χ1v) is 7.28. The summed E-state index contributed by atoms with van der Waals surface area (Å²) in [4.78, 5) is 18.7. The molecule has 0 aliphatic carbocycles. The highest BCUT2D eigenvalue weighted by Crippen LogP contribution is 2.28. The Bertz CT molecular complexity index is 634. The molecule has 2 heterocycles. The van der Waals surface area contributed by atoms with Crippen molar-refractivity contribution in [2.24, 2.45) is 0 Å². The zero-order chi connectivity index (χ0) is 14.7. The summed E-state index contributed by atoms with van der Waals surface area (Å²) in [6.07, 6.45) is 7.74. The van der Waals surface area contributed by atoms with Gasteiger partial charge in [-0.25, -0.2) is 0 Å². The van der Waals surface area contributed by atoms with Crippen molar-refractivity contribution < 1.29 is 4.79 Å². The fourth-order valence-electron chi connectivity index (χ4n) is 2.73. The second-order valence-electron chi connectivity index (χ2n) is 5.29. The molecule has 1 fully saturated rings. The Morgan fingerprint density at radius 3 is 2.57 bits per heavy atom. The third-order valence-corrected chi connectivity index (χ3v) is 3.84. The largest absolute Gasteiger partial charge is 0.397 e. The van der Waals surface area contributed by atoms with Gasteiger partial charge in [0.25, 0.3) is 5.91 Å². The lowest BCUT2D eigenvalue weighted by Crippen LogP contribution is -2.36. The second kappa shape index (κ2) is 5.95. The third kappa shape index (κ3) is 2.75. The zero-order valence-corrected chi connectivity index (χ0v) is 11.9. The quantitative estimate of drug-likeness (QED) is 0.920. The van der Waals surface area contributed by atoms with Gasteiger partial charge in [-0.3, -0.25) is 9.78 Å². The lowest BCUT2D eigenvalue weighted by atomic mass is 9.99. The first-order valence-electron chi connectivity index (χ1n) is 7.28. The van der Waals surface area contributed by atoms with E-state index < -0.39 is 0 Å². The molecule has 3 rings (SSSR count). The summed E-state index contributed by atoms with van der Waals surface area (Å²) in [7, 11) is 0. The third-order valence-electron chi connectivity index (χ3n) is 3.84. The van der Waals surface area contributed by atoms with Crippen molar-refractivity contribution >= 4 is 11.6 Å². The van der Waals surface area contributed by atoms with Crippen LogP contribution in [0.25, 0.3) is 11.1 Å². The second-order valence-corrected chi connectivity index (χ2v) is 5.29. The molecule has 0 saturated carbocycles. The van der Waals surface area contributed by atoms with Gasteiger partial charge in [0, 0.05) is 18.7 Å². The van der Waals surface area contributed by atoms with Gasteiger partial charge in [-0.1, -0.05) is 30.3 Å². The summed E-state index contributed by atoms with van der Waals surface area (Å²) >= 11 is 0. The summed E-state index contributed by atoms with van der Waals surface area (Å²) in [6, 6.07) is 9.69. The molecule has 1 aliphatic heterocycles. The van der Waals surface area contributed by atoms with E-state index in [1.54, 1.807) is 0 Å². The van der Waals surface area contributed by atoms with E-state index in [0.29, 0.717) is 16.8 Å². The summed E-state index contributed by atoms with van der Waals surface area (Å²) < 4.78 is 0. The lowest BCUT2D eigenvalue weighted by molar-refractivity contribution is 0.0726. The highest BCUT2D eigenvalue weighted by atomic mass is 16.2. The average molecular weight is 280 g/mol. The first-order chi connectivity index (χ1) is 10.3. The molecule has 0 bridgehead atoms. The Labute approximate surface area is 124 Å². The first kappa shape index (κ1) is 13.6. The van der Waals surface area contributed by atoms with Gasteiger partial charge in [0.1, 0.15) is 0 Å². The summed E-state index contributed by atoms with van der Waals surface area (Å²) in [5, 5.41) is 0. The monoisotopic (exact) mass is 280 g/mol. The van der Waals surface area contributed by atoms with Crippen LogP contribution in [0.2, 0.25) is 0 Å². The fraction of sp³-hybridized carbons (Fsp3) is 0.294. The summed E-state index contributed by atoms with van der Waals surface area (Å²) in [5.41, 5.74) is 8.58. The van der Waals surface area contributed by atoms with Crippen LogP contribution in [0.1, 0.15) is 29.6 Å². The van der Waals surface area contributed by atoms with E-state index in [9.17, 15) is 4.79 Å². The molecule has 2 aromatic rings. The molecule has 107 valence electrons. The Kier molecular flexibility index (Phi) is 3.86. The van der Waals surface area contributed by atoms with Crippen LogP contribution in [0.5, 0.6) is 0 Å². The Hall–Kier alpha value is -2.36. The van der Waals surface area contributed by atoms with Crippen molar-refractivity contribution in [3.8, 4) is 11.1 Å². The minimum absolute atomic E-state index is 0.00953. The van der Waals surface area contributed by atoms with E-state index in [-0.39, 0.29) is 5.91 Å². The number of piperidine rings is 1. The van der Waals surface area contributed by atoms with Gasteiger partial charge in [0.2, 0.25) is 0 Å². The van der Waals surface area contributed by atoms with E-state index in [0.717, 1.165) is 31.5 Å². The minimum atomic E-state index is -0.00953. The van der Waals surface area contributed by atoms with Crippen molar-refractivity contribution in [2.45, 2.75) is 19.3 Å². The SMILES string of the molecule is Nc1cn[c]c(-c2ccccc2)c1C(=O)N1CCCCC1. The van der Waals surface area contributed by atoms with E-state index in [2.05, 4.69) is 11.2 Å². The van der Waals surface area contributed by atoms with Gasteiger partial charge in [-0.15, -0.1) is 0 Å². The smallest absolute Gasteiger partial charge is 0.256 e. The molecule has 2 N–H and O–H groups in total. The van der Waals surface area contributed by atoms with Crippen molar-refractivity contribution in [1.82, 2.24) is 9.88 Å². The maximum absolute atomic E-state index is 12.8. The summed E-state index contributed by atoms with van der Waals surface area (Å²) in [6.45, 7) is 1.60. The fourth-order valence-corrected chi connectivity index (χ4v) is 2.73. The normalized spacial score (nSPS) is 15.0. The minimum Gasteiger partial charge on any atom is -0.397 e. The molecule has 1 radical (unpaired) electrons. The number of nitrogens with zero attached hydrogens (tertiary/aromatic N) is 2. The van der Waals surface area contributed by atoms with Crippen LogP contribution < -0.4 is 5.73 Å². The van der Waals surface area contributed by atoms with Crippen LogP contribution in [-0.2, 0) is 0 Å². The van der Waals surface area contributed by atoms with E-state index in [4.69, 9.17) is 5.73 Å². The molecule has 4 nitrogen and oxygen atoms in total. The van der Waals surface area contributed by atoms with E-state index >= 15 is 0 Å². The topological polar surface area (TPSA) is 59.2 Å². The standard InChI is InChI=1S/C17H18N3O/c18-15-12-19-11-14(13-7-3-1-4-8-13)16(15)17(21)20-9-5-2-6-10-20/h1,3-4,7-8,12H,2,5-6,9-10,18H2. The van der Waals surface area contributed by atoms with Crippen molar-refractivity contribution in [2.75, 3.05) is 18.8 Å². The number of carbonyl (C=O) groups is 1. The molecule has 1 aromatic heterocycles. The Morgan fingerprint density at radius 1 is 1.14 bits per heavy atom. The number of anilines is 1. The lowest BCUT2D eigenvalue weighted by Gasteiger charge is -2.27. The van der Waals surface area contributed by atoms with Crippen LogP contribution in [0.4, 0.5) is 5.69 Å². The summed E-state index contributed by atoms with van der Waals surface area (Å²) in [5.74, 6) is -0.00953. The molecule has 21 heavy (non-hydrogen) atoms. The van der Waals surface area contributed by atoms with Gasteiger partial charge >= 0.3 is 0 Å². The molecule has 0 unspecified atom stereocenters. The number of amides is 1. The van der Waals surface area contributed by atoms with Crippen molar-refractivity contribution in [1.29, 1.82) is 0 Å². The maximum Gasteiger partial charge on any atom is 0.256 e. The molecular weight excluding hydrogens is 262 g/mol. The number of carbonyl (C=O) groups excluding carboxylic acids is 1. The predicted molar refractivity (Wildman–Crippen MR) is 82.7 cm³/mol. The maximum atomic E-state index is 12.8. The van der Waals surface area contributed by atoms with Crippen molar-refractivity contribution in [3.63, 3.8) is 0 Å². The Morgan fingerprint density at radius 2 is 1.86 bits per heavy atom. The predicted octanol–water partition coefficient (Wildman–Crippen LogP) is 2.76. The Balaban J connectivity index is 2.03. The average Bonchev–Trinajstić information content (AvgIpc) is 2.55. The molecule has 1 saturated heterocycles. The van der Waals surface area contributed by atoms with Gasteiger partial charge in [0.05, 0.1) is 23.6 Å². The molecule has 1 aliphatic rings. The van der Waals surface area contributed by atoms with Gasteiger partial charge in [-0.05, 0) is 24.8 Å². The van der Waals surface area contributed by atoms with Gasteiger partial charge in [0.15, 0.2) is 0 Å². The number of nitrogen functional groups attached to an aromatic ring is 1. The molecule has 1 amide bonds. The van der Waals surface area contributed by atoms with Crippen LogP contribution in [0.3, 0.4) is 0 Å². The molecule has 1 aromatic carbocycles. The highest BCUT2D eigenvalue weighted by molar-refractivity contribution is 6.05. The van der Waals surface area contributed by atoms with Crippen molar-refractivity contribution in [3.05, 3.63) is 48.3 Å². The number of likely N-dealkylation sites (tertiary alicyclic amines) is 1. The molecular formula is C17H18N3O. The van der Waals surface area contributed by atoms with Crippen LogP contribution in [0, 0.1) is 6.20 Å². The van der Waals surface area contributed by atoms with E-state index in [1.807, 2.05) is 35.2 Å². The highest BCUT2D eigenvalue weighted by Gasteiger charge is 2.23. The number of hydrogen-bond acceptors (Lipinski definition) is 3. The number of hydrogen-bond donors (Lipinski definition) is 1. The van der Waals surface area contributed by atoms with Crippen LogP contribution in [-0.4, -0.2) is 28.9 Å². The molecule has 0 atom stereocenters.